The summed E-state index contributed by atoms with van der Waals surface area (Å²) in [5.41, 5.74) is 0. The second kappa shape index (κ2) is 9.54. The van der Waals surface area contributed by atoms with E-state index in [2.05, 4.69) is 5.32 Å². The Morgan fingerprint density at radius 3 is 1.25 bits per heavy atom. The van der Waals surface area contributed by atoms with Gasteiger partial charge in [-0.25, -0.2) is 0 Å². The Bertz CT molecular complexity index is 6.00. The van der Waals surface area contributed by atoms with Gasteiger partial charge in [0.2, 0.25) is 0 Å². The van der Waals surface area contributed by atoms with Crippen molar-refractivity contribution in [3.8, 4) is 0 Å². The molecule has 0 aliphatic rings. The van der Waals surface area contributed by atoms with E-state index in [1.807, 2.05) is 0 Å². The van der Waals surface area contributed by atoms with Crippen molar-refractivity contribution in [1.82, 2.24) is 0 Å². The molecule has 0 atom stereocenters. The zero-order chi connectivity index (χ0) is 2.71. The first-order chi connectivity index (χ1) is 1.41. The van der Waals surface area contributed by atoms with Crippen LogP contribution in [0.3, 0.4) is 0 Å². The SMILES string of the molecule is C[N-]C.[Ru+]. The monoisotopic (exact) mass is 146 g/mol. The standard InChI is InChI=1S/C2H6N.Ru/c1-3-2;/h1-2H3;/q-1;+1. The maximum atomic E-state index is 3.50. The van der Waals surface area contributed by atoms with Gasteiger partial charge in [-0.15, -0.1) is 0 Å². The van der Waals surface area contributed by atoms with Crippen molar-refractivity contribution in [2.75, 3.05) is 14.1 Å². The molecule has 0 aliphatic heterocycles. The Balaban J connectivity index is 0. The Morgan fingerprint density at radius 2 is 1.25 bits per heavy atom. The molecular weight excluding hydrogens is 139 g/mol. The van der Waals surface area contributed by atoms with Crippen LogP contribution in [0.1, 0.15) is 0 Å². The minimum Gasteiger partial charge on any atom is -0.668 e. The van der Waals surface area contributed by atoms with Crippen LogP contribution in [0.2, 0.25) is 0 Å². The summed E-state index contributed by atoms with van der Waals surface area (Å²) in [5, 5.41) is 3.50. The molecule has 27 valence electrons. The normalized spacial score (nSPS) is 4.50. The van der Waals surface area contributed by atoms with Crippen LogP contribution in [0.4, 0.5) is 0 Å². The third kappa shape index (κ3) is 19.0. The summed E-state index contributed by atoms with van der Waals surface area (Å²) in [5.74, 6) is 0. The van der Waals surface area contributed by atoms with E-state index in [1.165, 1.54) is 0 Å². The van der Waals surface area contributed by atoms with Gasteiger partial charge in [0.15, 0.2) is 0 Å². The van der Waals surface area contributed by atoms with E-state index in [0.717, 1.165) is 0 Å². The third-order valence-corrected chi connectivity index (χ3v) is 0. The first-order valence-electron chi connectivity index (χ1n) is 0.894. The smallest absolute Gasteiger partial charge is 0.668 e. The second-order valence-electron chi connectivity index (χ2n) is 0.447. The topological polar surface area (TPSA) is 14.1 Å². The number of rotatable bonds is 0. The molecule has 0 aliphatic carbocycles. The van der Waals surface area contributed by atoms with Gasteiger partial charge in [-0.3, -0.25) is 0 Å². The summed E-state index contributed by atoms with van der Waals surface area (Å²) in [6, 6.07) is 0. The fourth-order valence-corrected chi connectivity index (χ4v) is 0. The molecule has 0 N–H and O–H groups in total. The van der Waals surface area contributed by atoms with E-state index >= 15 is 0 Å². The molecule has 0 fully saturated rings. The van der Waals surface area contributed by atoms with Crippen molar-refractivity contribution >= 4 is 0 Å². The molecule has 0 saturated carbocycles. The van der Waals surface area contributed by atoms with Gasteiger partial charge < -0.3 is 5.32 Å². The van der Waals surface area contributed by atoms with E-state index in [9.17, 15) is 0 Å². The van der Waals surface area contributed by atoms with Gasteiger partial charge in [0.25, 0.3) is 0 Å². The van der Waals surface area contributed by atoms with Gasteiger partial charge in [-0.05, 0) is 0 Å². The summed E-state index contributed by atoms with van der Waals surface area (Å²) in [6.07, 6.45) is 0. The second-order valence-corrected chi connectivity index (χ2v) is 0.447. The van der Waals surface area contributed by atoms with Crippen LogP contribution in [0.25, 0.3) is 5.32 Å². The van der Waals surface area contributed by atoms with Gasteiger partial charge in [-0.1, -0.05) is 0 Å². The van der Waals surface area contributed by atoms with Crippen molar-refractivity contribution in [2.45, 2.75) is 0 Å². The molecule has 0 saturated heterocycles. The summed E-state index contributed by atoms with van der Waals surface area (Å²) in [6.45, 7) is 0. The van der Waals surface area contributed by atoms with Crippen LogP contribution in [0.5, 0.6) is 0 Å². The molecule has 0 aromatic carbocycles. The fourth-order valence-electron chi connectivity index (χ4n) is 0. The van der Waals surface area contributed by atoms with E-state index < -0.39 is 0 Å². The molecule has 4 heavy (non-hydrogen) atoms. The quantitative estimate of drug-likeness (QED) is 0.443. The molecule has 0 aromatic heterocycles. The maximum absolute atomic E-state index is 3.50. The molecule has 0 unspecified atom stereocenters. The largest absolute Gasteiger partial charge is 1.00 e. The zero-order valence-electron chi connectivity index (χ0n) is 2.80. The molecule has 0 rings (SSSR count). The van der Waals surface area contributed by atoms with Gasteiger partial charge in [0, 0.05) is 0 Å². The summed E-state index contributed by atoms with van der Waals surface area (Å²) in [4.78, 5) is 0. The molecule has 0 aromatic rings. The number of hydrogen-bond acceptors (Lipinski definition) is 0. The van der Waals surface area contributed by atoms with Crippen LogP contribution >= 0.6 is 0 Å². The summed E-state index contributed by atoms with van der Waals surface area (Å²) >= 11 is 0. The molecule has 2 heteroatoms. The minimum absolute atomic E-state index is 0. The van der Waals surface area contributed by atoms with Gasteiger partial charge >= 0.3 is 19.5 Å². The molecule has 1 radical (unpaired) electrons. The molecule has 0 spiro atoms. The van der Waals surface area contributed by atoms with Crippen LogP contribution in [-0.4, -0.2) is 14.1 Å². The van der Waals surface area contributed by atoms with Crippen LogP contribution in [-0.2, 0) is 19.5 Å². The van der Waals surface area contributed by atoms with Crippen molar-refractivity contribution < 1.29 is 19.5 Å². The molecule has 0 amide bonds. The zero-order valence-corrected chi connectivity index (χ0v) is 4.54. The third-order valence-electron chi connectivity index (χ3n) is 0. The Labute approximate surface area is 39.5 Å². The van der Waals surface area contributed by atoms with Crippen LogP contribution < -0.4 is 0 Å². The minimum atomic E-state index is 0. The van der Waals surface area contributed by atoms with Crippen molar-refractivity contribution in [1.29, 1.82) is 0 Å². The average molecular weight is 145 g/mol. The Hall–Kier alpha value is 0.583. The molecular formula is C2H6NRu. The predicted molar refractivity (Wildman–Crippen MR) is 15.2 cm³/mol. The van der Waals surface area contributed by atoms with Crippen molar-refractivity contribution in [2.24, 2.45) is 0 Å². The van der Waals surface area contributed by atoms with Gasteiger partial charge in [0.05, 0.1) is 0 Å². The molecule has 0 heterocycles. The van der Waals surface area contributed by atoms with Crippen LogP contribution in [0, 0.1) is 0 Å². The first kappa shape index (κ1) is 8.82. The van der Waals surface area contributed by atoms with Crippen molar-refractivity contribution in [3.05, 3.63) is 5.32 Å². The molecule has 1 nitrogen and oxygen atoms in total. The van der Waals surface area contributed by atoms with E-state index in [1.54, 1.807) is 14.1 Å². The summed E-state index contributed by atoms with van der Waals surface area (Å²) in [7, 11) is 3.50. The average Bonchev–Trinajstić information content (AvgIpc) is 0.918. The van der Waals surface area contributed by atoms with E-state index in [0.29, 0.717) is 0 Å². The van der Waals surface area contributed by atoms with Crippen molar-refractivity contribution in [3.63, 3.8) is 0 Å². The fraction of sp³-hybridized carbons (Fsp3) is 1.00. The summed E-state index contributed by atoms with van der Waals surface area (Å²) < 4.78 is 0. The first-order valence-corrected chi connectivity index (χ1v) is 0.894. The van der Waals surface area contributed by atoms with E-state index in [4.69, 9.17) is 0 Å². The number of hydrogen-bond donors (Lipinski definition) is 0. The van der Waals surface area contributed by atoms with Crippen LogP contribution in [0.15, 0.2) is 0 Å². The predicted octanol–water partition coefficient (Wildman–Crippen LogP) is 0.617. The maximum Gasteiger partial charge on any atom is 1.00 e. The van der Waals surface area contributed by atoms with Gasteiger partial charge in [-0.2, -0.15) is 14.1 Å². The number of nitrogens with zero attached hydrogens (tertiary/aromatic N) is 1. The molecule has 0 bridgehead atoms. The Kier molecular flexibility index (Phi) is 21.0. The Morgan fingerprint density at radius 1 is 1.25 bits per heavy atom. The van der Waals surface area contributed by atoms with Gasteiger partial charge in [0.1, 0.15) is 0 Å². The van der Waals surface area contributed by atoms with E-state index in [-0.39, 0.29) is 19.5 Å².